The highest BCUT2D eigenvalue weighted by atomic mass is 79.9. The summed E-state index contributed by atoms with van der Waals surface area (Å²) in [6.45, 7) is 15.2. The molecule has 0 aliphatic carbocycles. The topological polar surface area (TPSA) is 33.7 Å². The fraction of sp³-hybridized carbons (Fsp3) is 0.571. The van der Waals surface area contributed by atoms with E-state index in [0.717, 1.165) is 34.6 Å². The highest BCUT2D eigenvalue weighted by Crippen LogP contribution is 2.37. The molecule has 0 unspecified atom stereocenters. The molecule has 2 aromatic rings. The second-order valence-electron chi connectivity index (χ2n) is 8.69. The summed E-state index contributed by atoms with van der Waals surface area (Å²) in [5.41, 5.74) is 3.59. The van der Waals surface area contributed by atoms with Crippen LogP contribution in [0.25, 0.3) is 0 Å². The lowest BCUT2D eigenvalue weighted by atomic mass is 10.1. The molecule has 33 heavy (non-hydrogen) atoms. The van der Waals surface area contributed by atoms with Crippen molar-refractivity contribution < 1.29 is 9.47 Å². The zero-order valence-electron chi connectivity index (χ0n) is 21.1. The number of halogens is 1. The van der Waals surface area contributed by atoms with E-state index in [1.165, 1.54) is 62.9 Å². The number of ether oxygens (including phenoxy) is 2. The zero-order chi connectivity index (χ0) is 23.9. The van der Waals surface area contributed by atoms with Crippen molar-refractivity contribution in [2.24, 2.45) is 0 Å². The molecule has 0 heterocycles. The molecule has 0 aliphatic rings. The minimum atomic E-state index is 0.518. The molecular formula is C28H43BrN2O2. The molecule has 0 saturated carbocycles. The van der Waals surface area contributed by atoms with E-state index in [4.69, 9.17) is 9.47 Å². The molecule has 1 N–H and O–H groups in total. The van der Waals surface area contributed by atoms with Gasteiger partial charge in [0.25, 0.3) is 0 Å². The van der Waals surface area contributed by atoms with E-state index < -0.39 is 0 Å². The van der Waals surface area contributed by atoms with Crippen LogP contribution in [0.4, 0.5) is 0 Å². The van der Waals surface area contributed by atoms with Gasteiger partial charge in [-0.2, -0.15) is 0 Å². The van der Waals surface area contributed by atoms with Crippen molar-refractivity contribution in [1.29, 1.82) is 0 Å². The fourth-order valence-corrected chi connectivity index (χ4v) is 4.45. The molecule has 2 aromatic carbocycles. The number of benzene rings is 2. The van der Waals surface area contributed by atoms with Crippen LogP contribution in [0.15, 0.2) is 40.9 Å². The standard InChI is InChI=1S/C28H43BrN2O2/c1-5-8-15-31(16-9-6-2)17-11-14-30-21-25-19-26(29)28(27(20-25)32-7-3)33-22-24-13-10-12-23(4)18-24/h10,12-13,18-20,30H,5-9,11,14-17,21-22H2,1-4H3. The van der Waals surface area contributed by atoms with Crippen LogP contribution in [0.1, 0.15) is 69.6 Å². The predicted octanol–water partition coefficient (Wildman–Crippen LogP) is 7.12. The van der Waals surface area contributed by atoms with Crippen LogP contribution in [0.5, 0.6) is 11.5 Å². The van der Waals surface area contributed by atoms with Gasteiger partial charge in [-0.05, 0) is 98.5 Å². The summed E-state index contributed by atoms with van der Waals surface area (Å²) in [5, 5.41) is 3.61. The van der Waals surface area contributed by atoms with Gasteiger partial charge in [-0.15, -0.1) is 0 Å². The molecule has 0 saturated heterocycles. The number of aryl methyl sites for hydroxylation is 1. The zero-order valence-corrected chi connectivity index (χ0v) is 22.7. The Labute approximate surface area is 210 Å². The third-order valence-electron chi connectivity index (χ3n) is 5.65. The van der Waals surface area contributed by atoms with Gasteiger partial charge in [0.2, 0.25) is 0 Å². The minimum Gasteiger partial charge on any atom is -0.490 e. The Bertz CT molecular complexity index is 804. The number of rotatable bonds is 17. The summed E-state index contributed by atoms with van der Waals surface area (Å²) in [4.78, 5) is 2.62. The van der Waals surface area contributed by atoms with E-state index >= 15 is 0 Å². The van der Waals surface area contributed by atoms with Gasteiger partial charge in [-0.1, -0.05) is 56.5 Å². The minimum absolute atomic E-state index is 0.518. The molecule has 0 aromatic heterocycles. The van der Waals surface area contributed by atoms with E-state index in [0.29, 0.717) is 13.2 Å². The first-order chi connectivity index (χ1) is 16.1. The first kappa shape index (κ1) is 27.7. The molecular weight excluding hydrogens is 476 g/mol. The van der Waals surface area contributed by atoms with Gasteiger partial charge < -0.3 is 19.7 Å². The number of hydrogen-bond donors (Lipinski definition) is 1. The average Bonchev–Trinajstić information content (AvgIpc) is 2.80. The Morgan fingerprint density at radius 3 is 2.27 bits per heavy atom. The van der Waals surface area contributed by atoms with Crippen molar-refractivity contribution in [1.82, 2.24) is 10.2 Å². The molecule has 0 aliphatic heterocycles. The summed E-state index contributed by atoms with van der Waals surface area (Å²) >= 11 is 3.71. The molecule has 0 radical (unpaired) electrons. The monoisotopic (exact) mass is 518 g/mol. The second-order valence-corrected chi connectivity index (χ2v) is 9.55. The smallest absolute Gasteiger partial charge is 0.175 e. The van der Waals surface area contributed by atoms with Crippen molar-refractivity contribution in [2.45, 2.75) is 73.0 Å². The Morgan fingerprint density at radius 2 is 1.61 bits per heavy atom. The fourth-order valence-electron chi connectivity index (χ4n) is 3.84. The second kappa shape index (κ2) is 16.1. The highest BCUT2D eigenvalue weighted by molar-refractivity contribution is 9.10. The lowest BCUT2D eigenvalue weighted by molar-refractivity contribution is 0.261. The van der Waals surface area contributed by atoms with Gasteiger partial charge in [0.1, 0.15) is 6.61 Å². The summed E-state index contributed by atoms with van der Waals surface area (Å²) < 4.78 is 13.0. The molecule has 0 bridgehead atoms. The largest absolute Gasteiger partial charge is 0.490 e. The number of nitrogens with one attached hydrogen (secondary N) is 1. The van der Waals surface area contributed by atoms with Crippen molar-refractivity contribution in [3.8, 4) is 11.5 Å². The molecule has 2 rings (SSSR count). The molecule has 184 valence electrons. The van der Waals surface area contributed by atoms with Crippen molar-refractivity contribution >= 4 is 15.9 Å². The first-order valence-electron chi connectivity index (χ1n) is 12.6. The summed E-state index contributed by atoms with van der Waals surface area (Å²) in [5.74, 6) is 1.56. The Morgan fingerprint density at radius 1 is 0.879 bits per heavy atom. The van der Waals surface area contributed by atoms with Crippen LogP contribution in [0, 0.1) is 6.92 Å². The molecule has 0 spiro atoms. The lowest BCUT2D eigenvalue weighted by Crippen LogP contribution is -2.29. The summed E-state index contributed by atoms with van der Waals surface area (Å²) in [6, 6.07) is 12.6. The maximum absolute atomic E-state index is 6.15. The van der Waals surface area contributed by atoms with Gasteiger partial charge in [0.05, 0.1) is 11.1 Å². The van der Waals surface area contributed by atoms with Crippen LogP contribution in [-0.4, -0.2) is 37.7 Å². The van der Waals surface area contributed by atoms with Gasteiger partial charge in [0.15, 0.2) is 11.5 Å². The maximum atomic E-state index is 6.15. The number of hydrogen-bond acceptors (Lipinski definition) is 4. The molecule has 5 heteroatoms. The normalized spacial score (nSPS) is 11.2. The van der Waals surface area contributed by atoms with E-state index in [1.54, 1.807) is 0 Å². The van der Waals surface area contributed by atoms with Crippen molar-refractivity contribution in [3.63, 3.8) is 0 Å². The van der Waals surface area contributed by atoms with E-state index in [9.17, 15) is 0 Å². The van der Waals surface area contributed by atoms with Crippen LogP contribution >= 0.6 is 15.9 Å². The van der Waals surface area contributed by atoms with Crippen molar-refractivity contribution in [3.05, 3.63) is 57.6 Å². The van der Waals surface area contributed by atoms with Gasteiger partial charge in [-0.25, -0.2) is 0 Å². The van der Waals surface area contributed by atoms with Gasteiger partial charge in [0, 0.05) is 6.54 Å². The van der Waals surface area contributed by atoms with Gasteiger partial charge in [-0.3, -0.25) is 0 Å². The van der Waals surface area contributed by atoms with Gasteiger partial charge >= 0.3 is 0 Å². The summed E-state index contributed by atoms with van der Waals surface area (Å²) in [6.07, 6.45) is 6.29. The molecule has 0 fully saturated rings. The van der Waals surface area contributed by atoms with Crippen molar-refractivity contribution in [2.75, 3.05) is 32.8 Å². The SMILES string of the molecule is CCCCN(CCCC)CCCNCc1cc(Br)c(OCc2cccc(C)c2)c(OCC)c1. The van der Waals surface area contributed by atoms with Crippen LogP contribution < -0.4 is 14.8 Å². The van der Waals surface area contributed by atoms with Crippen LogP contribution in [0.3, 0.4) is 0 Å². The Kier molecular flexibility index (Phi) is 13.5. The summed E-state index contributed by atoms with van der Waals surface area (Å²) in [7, 11) is 0. The molecule has 0 atom stereocenters. The number of unbranched alkanes of at least 4 members (excludes halogenated alkanes) is 2. The maximum Gasteiger partial charge on any atom is 0.175 e. The predicted molar refractivity (Wildman–Crippen MR) is 143 cm³/mol. The number of nitrogens with zero attached hydrogens (tertiary/aromatic N) is 1. The van der Waals surface area contributed by atoms with Crippen LogP contribution in [-0.2, 0) is 13.2 Å². The van der Waals surface area contributed by atoms with Crippen LogP contribution in [0.2, 0.25) is 0 Å². The Hall–Kier alpha value is -1.56. The molecule has 0 amide bonds. The third kappa shape index (κ3) is 10.5. The third-order valence-corrected chi connectivity index (χ3v) is 6.24. The molecule has 4 nitrogen and oxygen atoms in total. The Balaban J connectivity index is 1.88. The van der Waals surface area contributed by atoms with E-state index in [1.807, 2.05) is 6.92 Å². The quantitative estimate of drug-likeness (QED) is 0.226. The van der Waals surface area contributed by atoms with E-state index in [2.05, 4.69) is 83.3 Å². The van der Waals surface area contributed by atoms with E-state index in [-0.39, 0.29) is 0 Å². The first-order valence-corrected chi connectivity index (χ1v) is 13.4. The average molecular weight is 520 g/mol. The lowest BCUT2D eigenvalue weighted by Gasteiger charge is -2.22. The highest BCUT2D eigenvalue weighted by Gasteiger charge is 2.13.